The molecule has 3 aromatic rings. The van der Waals surface area contributed by atoms with E-state index in [0.29, 0.717) is 23.6 Å². The second-order valence-corrected chi connectivity index (χ2v) is 8.20. The number of nitrogens with zero attached hydrogens (tertiary/aromatic N) is 2. The fourth-order valence-corrected chi connectivity index (χ4v) is 4.56. The fraction of sp³-hybridized carbons (Fsp3) is 0.417. The lowest BCUT2D eigenvalue weighted by molar-refractivity contribution is 0.460. The normalized spacial score (nSPS) is 18.8. The van der Waals surface area contributed by atoms with Crippen molar-refractivity contribution in [3.8, 4) is 22.9 Å². The van der Waals surface area contributed by atoms with Gasteiger partial charge in [0, 0.05) is 11.1 Å². The first-order chi connectivity index (χ1) is 14.4. The fourth-order valence-electron chi connectivity index (χ4n) is 4.56. The van der Waals surface area contributed by atoms with Gasteiger partial charge in [-0.2, -0.15) is 0 Å². The van der Waals surface area contributed by atoms with Gasteiger partial charge in [-0.1, -0.05) is 24.3 Å². The zero-order valence-corrected chi connectivity index (χ0v) is 16.7. The zero-order chi connectivity index (χ0) is 19.5. The minimum absolute atomic E-state index is 0.583. The summed E-state index contributed by atoms with van der Waals surface area (Å²) >= 11 is 0. The van der Waals surface area contributed by atoms with Crippen LogP contribution in [0.15, 0.2) is 52.9 Å². The molecule has 2 saturated heterocycles. The zero-order valence-electron chi connectivity index (χ0n) is 16.7. The molecule has 2 aliphatic rings. The summed E-state index contributed by atoms with van der Waals surface area (Å²) in [6.45, 7) is 4.43. The van der Waals surface area contributed by atoms with Gasteiger partial charge in [-0.15, -0.1) is 10.2 Å². The summed E-state index contributed by atoms with van der Waals surface area (Å²) in [4.78, 5) is 0. The number of piperidine rings is 2. The van der Waals surface area contributed by atoms with Gasteiger partial charge in [0.05, 0.1) is 0 Å². The van der Waals surface area contributed by atoms with E-state index < -0.39 is 0 Å². The molecule has 2 aromatic carbocycles. The molecule has 0 amide bonds. The van der Waals surface area contributed by atoms with Crippen LogP contribution in [-0.4, -0.2) is 36.4 Å². The molecule has 0 aliphatic carbocycles. The highest BCUT2D eigenvalue weighted by molar-refractivity contribution is 5.58. The SMILES string of the molecule is c1cc(C2CCNCC2)ccc1-c1nnc(-c2ccc(C3CCNCC3)cc2)o1. The van der Waals surface area contributed by atoms with Gasteiger partial charge < -0.3 is 15.1 Å². The molecule has 0 saturated carbocycles. The molecular weight excluding hydrogens is 360 g/mol. The second kappa shape index (κ2) is 8.47. The minimum Gasteiger partial charge on any atom is -0.416 e. The molecule has 0 atom stereocenters. The van der Waals surface area contributed by atoms with Crippen LogP contribution in [0.3, 0.4) is 0 Å². The Balaban J connectivity index is 1.30. The summed E-state index contributed by atoms with van der Waals surface area (Å²) in [6, 6.07) is 17.3. The first kappa shape index (κ1) is 18.5. The van der Waals surface area contributed by atoms with E-state index in [9.17, 15) is 0 Å². The summed E-state index contributed by atoms with van der Waals surface area (Å²) in [5, 5.41) is 15.4. The van der Waals surface area contributed by atoms with Gasteiger partial charge in [0.1, 0.15) is 0 Å². The van der Waals surface area contributed by atoms with Crippen LogP contribution >= 0.6 is 0 Å². The Labute approximate surface area is 171 Å². The van der Waals surface area contributed by atoms with E-state index in [1.807, 2.05) is 0 Å². The van der Waals surface area contributed by atoms with E-state index in [4.69, 9.17) is 4.42 Å². The molecule has 0 radical (unpaired) electrons. The monoisotopic (exact) mass is 388 g/mol. The Morgan fingerprint density at radius 1 is 0.586 bits per heavy atom. The highest BCUT2D eigenvalue weighted by Crippen LogP contribution is 2.30. The topological polar surface area (TPSA) is 63.0 Å². The van der Waals surface area contributed by atoms with Crippen LogP contribution in [0.1, 0.15) is 48.6 Å². The Morgan fingerprint density at radius 3 is 1.34 bits per heavy atom. The van der Waals surface area contributed by atoms with Gasteiger partial charge in [-0.05, 0) is 99.1 Å². The van der Waals surface area contributed by atoms with Crippen LogP contribution in [0, 0.1) is 0 Å². The Hall–Kier alpha value is -2.50. The van der Waals surface area contributed by atoms with Crippen LogP contribution in [0.5, 0.6) is 0 Å². The summed E-state index contributed by atoms with van der Waals surface area (Å²) in [5.41, 5.74) is 4.77. The number of nitrogens with one attached hydrogen (secondary N) is 2. The maximum absolute atomic E-state index is 5.98. The Bertz CT molecular complexity index is 844. The van der Waals surface area contributed by atoms with Gasteiger partial charge in [0.15, 0.2) is 0 Å². The van der Waals surface area contributed by atoms with Crippen molar-refractivity contribution in [2.75, 3.05) is 26.2 Å². The van der Waals surface area contributed by atoms with E-state index in [1.54, 1.807) is 0 Å². The predicted octanol–water partition coefficient (Wildman–Crippen LogP) is 4.34. The maximum atomic E-state index is 5.98. The van der Waals surface area contributed by atoms with Crippen LogP contribution in [0.2, 0.25) is 0 Å². The van der Waals surface area contributed by atoms with Gasteiger partial charge >= 0.3 is 0 Å². The molecule has 0 unspecified atom stereocenters. The number of aromatic nitrogens is 2. The van der Waals surface area contributed by atoms with Crippen molar-refractivity contribution in [1.29, 1.82) is 0 Å². The van der Waals surface area contributed by atoms with Crippen molar-refractivity contribution in [2.24, 2.45) is 0 Å². The number of hydrogen-bond acceptors (Lipinski definition) is 5. The van der Waals surface area contributed by atoms with E-state index in [1.165, 1.54) is 36.8 Å². The number of rotatable bonds is 4. The van der Waals surface area contributed by atoms with E-state index in [0.717, 1.165) is 37.3 Å². The highest BCUT2D eigenvalue weighted by Gasteiger charge is 2.17. The lowest BCUT2D eigenvalue weighted by Crippen LogP contribution is -2.26. The van der Waals surface area contributed by atoms with E-state index in [2.05, 4.69) is 69.4 Å². The van der Waals surface area contributed by atoms with E-state index >= 15 is 0 Å². The number of benzene rings is 2. The van der Waals surface area contributed by atoms with Gasteiger partial charge in [-0.3, -0.25) is 0 Å². The van der Waals surface area contributed by atoms with Gasteiger partial charge in [-0.25, -0.2) is 0 Å². The summed E-state index contributed by atoms with van der Waals surface area (Å²) < 4.78 is 5.98. The van der Waals surface area contributed by atoms with Gasteiger partial charge in [0.25, 0.3) is 0 Å². The smallest absolute Gasteiger partial charge is 0.248 e. The van der Waals surface area contributed by atoms with Crippen LogP contribution in [0.4, 0.5) is 0 Å². The second-order valence-electron chi connectivity index (χ2n) is 8.20. The maximum Gasteiger partial charge on any atom is 0.248 e. The average molecular weight is 389 g/mol. The Morgan fingerprint density at radius 2 is 0.966 bits per heavy atom. The molecule has 5 heteroatoms. The van der Waals surface area contributed by atoms with Crippen molar-refractivity contribution < 1.29 is 4.42 Å². The minimum atomic E-state index is 0.583. The van der Waals surface area contributed by atoms with Crippen molar-refractivity contribution in [3.05, 3.63) is 59.7 Å². The first-order valence-electron chi connectivity index (χ1n) is 10.8. The average Bonchev–Trinajstić information content (AvgIpc) is 3.31. The van der Waals surface area contributed by atoms with Gasteiger partial charge in [0.2, 0.25) is 11.8 Å². The molecule has 2 N–H and O–H groups in total. The molecule has 0 spiro atoms. The quantitative estimate of drug-likeness (QED) is 0.696. The molecule has 2 fully saturated rings. The standard InChI is InChI=1S/C24H28N4O/c1-5-21(6-2-17(1)19-9-13-25-14-10-19)23-27-28-24(29-23)22-7-3-18(4-8-22)20-11-15-26-16-12-20/h1-8,19-20,25-26H,9-16H2. The Kier molecular flexibility index (Phi) is 5.41. The molecule has 0 bridgehead atoms. The number of hydrogen-bond donors (Lipinski definition) is 2. The lowest BCUT2D eigenvalue weighted by Gasteiger charge is -2.23. The third-order valence-corrected chi connectivity index (χ3v) is 6.36. The summed E-state index contributed by atoms with van der Waals surface area (Å²) in [6.07, 6.45) is 4.82. The molecule has 150 valence electrons. The van der Waals surface area contributed by atoms with Crippen molar-refractivity contribution in [2.45, 2.75) is 37.5 Å². The molecule has 5 rings (SSSR count). The largest absolute Gasteiger partial charge is 0.416 e. The van der Waals surface area contributed by atoms with Crippen molar-refractivity contribution in [3.63, 3.8) is 0 Å². The third-order valence-electron chi connectivity index (χ3n) is 6.36. The van der Waals surface area contributed by atoms with Crippen LogP contribution in [0.25, 0.3) is 22.9 Å². The first-order valence-corrected chi connectivity index (χ1v) is 10.8. The highest BCUT2D eigenvalue weighted by atomic mass is 16.4. The molecule has 2 aliphatic heterocycles. The van der Waals surface area contributed by atoms with Crippen LogP contribution < -0.4 is 10.6 Å². The van der Waals surface area contributed by atoms with Crippen LogP contribution in [-0.2, 0) is 0 Å². The summed E-state index contributed by atoms with van der Waals surface area (Å²) in [5.74, 6) is 2.47. The molecule has 5 nitrogen and oxygen atoms in total. The molecular formula is C24H28N4O. The third kappa shape index (κ3) is 4.11. The molecule has 1 aromatic heterocycles. The van der Waals surface area contributed by atoms with Crippen molar-refractivity contribution in [1.82, 2.24) is 20.8 Å². The molecule has 3 heterocycles. The van der Waals surface area contributed by atoms with E-state index in [-0.39, 0.29) is 0 Å². The predicted molar refractivity (Wildman–Crippen MR) is 115 cm³/mol. The summed E-state index contributed by atoms with van der Waals surface area (Å²) in [7, 11) is 0. The molecule has 29 heavy (non-hydrogen) atoms. The van der Waals surface area contributed by atoms with Crippen molar-refractivity contribution >= 4 is 0 Å². The lowest BCUT2D eigenvalue weighted by atomic mass is 9.90.